The molecule has 0 aliphatic carbocycles. The highest BCUT2D eigenvalue weighted by molar-refractivity contribution is 6.27. The van der Waals surface area contributed by atoms with Gasteiger partial charge in [0.1, 0.15) is 0 Å². The quantitative estimate of drug-likeness (QED) is 0.722. The van der Waals surface area contributed by atoms with E-state index in [9.17, 15) is 0 Å². The molecular weight excluding hydrogens is 182 g/mol. The minimum Gasteiger partial charge on any atom is -0.327 e. The second-order valence-electron chi connectivity index (χ2n) is 2.23. The smallest absolute Gasteiger partial charge is 0.0104 e. The van der Waals surface area contributed by atoms with Gasteiger partial charge in [0.2, 0.25) is 0 Å². The van der Waals surface area contributed by atoms with Gasteiger partial charge < -0.3 is 5.73 Å². The summed E-state index contributed by atoms with van der Waals surface area (Å²) in [4.78, 5) is 0. The van der Waals surface area contributed by atoms with Gasteiger partial charge in [0.05, 0.1) is 0 Å². The lowest BCUT2D eigenvalue weighted by atomic mass is 10.2. The van der Waals surface area contributed by atoms with Crippen LogP contribution in [0, 0.1) is 0 Å². The van der Waals surface area contributed by atoms with Crippen LogP contribution in [0.5, 0.6) is 0 Å². The van der Waals surface area contributed by atoms with Crippen molar-refractivity contribution in [2.45, 2.75) is 0 Å². The van der Waals surface area contributed by atoms with Crippen LogP contribution in [0.15, 0.2) is 48.5 Å². The molecule has 1 nitrogen and oxygen atoms in total. The average Bonchev–Trinajstić information content (AvgIpc) is 2.20. The van der Waals surface area contributed by atoms with E-state index >= 15 is 0 Å². The van der Waals surface area contributed by atoms with Crippen molar-refractivity contribution in [3.8, 4) is 0 Å². The molecule has 0 radical (unpaired) electrons. The molecular formula is C11H14ClN. The van der Waals surface area contributed by atoms with Crippen LogP contribution in [0.25, 0.3) is 6.08 Å². The number of hydrogen-bond donors (Lipinski definition) is 1. The molecule has 2 heteroatoms. The van der Waals surface area contributed by atoms with Gasteiger partial charge in [-0.15, -0.1) is 6.58 Å². The lowest BCUT2D eigenvalue weighted by Gasteiger charge is -1.86. The predicted molar refractivity (Wildman–Crippen MR) is 60.6 cm³/mol. The number of benzene rings is 1. The third-order valence-electron chi connectivity index (χ3n) is 1.22. The van der Waals surface area contributed by atoms with Crippen molar-refractivity contribution >= 4 is 17.7 Å². The first-order valence-electron chi connectivity index (χ1n) is 3.98. The molecule has 0 saturated heterocycles. The third kappa shape index (κ3) is 7.32. The molecule has 0 unspecified atom stereocenters. The van der Waals surface area contributed by atoms with E-state index < -0.39 is 0 Å². The summed E-state index contributed by atoms with van der Waals surface area (Å²) in [5.41, 5.74) is 7.55. The number of rotatable bonds is 2. The third-order valence-corrected chi connectivity index (χ3v) is 1.35. The molecule has 1 rings (SSSR count). The van der Waals surface area contributed by atoms with Crippen molar-refractivity contribution in [2.75, 3.05) is 6.54 Å². The number of hydrogen-bond acceptors (Lipinski definition) is 1. The Labute approximate surface area is 84.5 Å². The predicted octanol–water partition coefficient (Wildman–Crippen LogP) is 3.03. The largest absolute Gasteiger partial charge is 0.327 e. The van der Waals surface area contributed by atoms with Crippen LogP contribution in [0.1, 0.15) is 5.56 Å². The summed E-state index contributed by atoms with van der Waals surface area (Å²) in [6.07, 6.45) is 3.50. The summed E-state index contributed by atoms with van der Waals surface area (Å²) in [6.45, 7) is 3.94. The van der Waals surface area contributed by atoms with Gasteiger partial charge in [-0.05, 0) is 11.6 Å². The van der Waals surface area contributed by atoms with Gasteiger partial charge in [-0.1, -0.05) is 48.0 Å². The number of nitrogens with two attached hydrogens (primary N) is 1. The molecule has 0 aliphatic rings. The first kappa shape index (κ1) is 11.9. The molecule has 0 heterocycles. The van der Waals surface area contributed by atoms with Crippen LogP contribution in [0.3, 0.4) is 0 Å². The molecule has 70 valence electrons. The molecule has 0 aromatic heterocycles. The standard InChI is InChI=1S/C8H7Cl.C3H7N/c9-7-6-8-4-2-1-3-5-8;1-2-3-4/h1-7H;2H,1,3-4H2. The van der Waals surface area contributed by atoms with Crippen LogP contribution in [0.4, 0.5) is 0 Å². The highest BCUT2D eigenvalue weighted by Gasteiger charge is 1.78. The molecule has 0 aliphatic heterocycles. The summed E-state index contributed by atoms with van der Waals surface area (Å²) in [5, 5.41) is 0. The van der Waals surface area contributed by atoms with Gasteiger partial charge >= 0.3 is 0 Å². The Bertz CT molecular complexity index is 242. The first-order valence-corrected chi connectivity index (χ1v) is 4.41. The normalized spacial score (nSPS) is 9.08. The summed E-state index contributed by atoms with van der Waals surface area (Å²) in [6, 6.07) is 9.93. The summed E-state index contributed by atoms with van der Waals surface area (Å²) in [5.74, 6) is 0. The van der Waals surface area contributed by atoms with E-state index in [0.29, 0.717) is 6.54 Å². The lowest BCUT2D eigenvalue weighted by Crippen LogP contribution is -1.90. The molecule has 13 heavy (non-hydrogen) atoms. The van der Waals surface area contributed by atoms with Crippen molar-refractivity contribution in [3.63, 3.8) is 0 Å². The van der Waals surface area contributed by atoms with Crippen molar-refractivity contribution in [2.24, 2.45) is 5.73 Å². The minimum atomic E-state index is 0.583. The first-order chi connectivity index (χ1) is 6.35. The van der Waals surface area contributed by atoms with Gasteiger partial charge in [-0.3, -0.25) is 0 Å². The second-order valence-corrected chi connectivity index (χ2v) is 2.48. The summed E-state index contributed by atoms with van der Waals surface area (Å²) >= 11 is 5.36. The highest BCUT2D eigenvalue weighted by atomic mass is 35.5. The zero-order valence-corrected chi connectivity index (χ0v) is 8.24. The van der Waals surface area contributed by atoms with E-state index in [1.807, 2.05) is 36.4 Å². The van der Waals surface area contributed by atoms with Crippen molar-refractivity contribution in [3.05, 3.63) is 54.1 Å². The zero-order valence-electron chi connectivity index (χ0n) is 7.49. The lowest BCUT2D eigenvalue weighted by molar-refractivity contribution is 1.26. The Morgan fingerprint density at radius 2 is 1.85 bits per heavy atom. The Morgan fingerprint density at radius 3 is 2.23 bits per heavy atom. The van der Waals surface area contributed by atoms with Gasteiger partial charge in [-0.2, -0.15) is 0 Å². The minimum absolute atomic E-state index is 0.583. The second kappa shape index (κ2) is 9.04. The van der Waals surface area contributed by atoms with Crippen LogP contribution < -0.4 is 5.73 Å². The maximum atomic E-state index is 5.36. The SMILES string of the molecule is C=CCN.ClC=Cc1ccccc1. The Hall–Kier alpha value is -1.05. The maximum Gasteiger partial charge on any atom is 0.0104 e. The monoisotopic (exact) mass is 195 g/mol. The van der Waals surface area contributed by atoms with Gasteiger partial charge in [-0.25, -0.2) is 0 Å². The summed E-state index contributed by atoms with van der Waals surface area (Å²) in [7, 11) is 0. The average molecular weight is 196 g/mol. The van der Waals surface area contributed by atoms with Crippen LogP contribution in [-0.2, 0) is 0 Å². The van der Waals surface area contributed by atoms with Gasteiger partial charge in [0, 0.05) is 12.1 Å². The fraction of sp³-hybridized carbons (Fsp3) is 0.0909. The van der Waals surface area contributed by atoms with Crippen LogP contribution in [-0.4, -0.2) is 6.54 Å². The molecule has 1 aromatic rings. The Balaban J connectivity index is 0.000000310. The highest BCUT2D eigenvalue weighted by Crippen LogP contribution is 2.00. The zero-order chi connectivity index (χ0) is 9.94. The molecule has 0 spiro atoms. The van der Waals surface area contributed by atoms with E-state index in [1.54, 1.807) is 6.08 Å². The molecule has 0 bridgehead atoms. The van der Waals surface area contributed by atoms with Crippen molar-refractivity contribution in [1.29, 1.82) is 0 Å². The van der Waals surface area contributed by atoms with E-state index in [-0.39, 0.29) is 0 Å². The Kier molecular flexibility index (Phi) is 8.31. The van der Waals surface area contributed by atoms with E-state index in [1.165, 1.54) is 5.54 Å². The molecule has 0 atom stereocenters. The molecule has 0 amide bonds. The van der Waals surface area contributed by atoms with Gasteiger partial charge in [0.25, 0.3) is 0 Å². The van der Waals surface area contributed by atoms with E-state index in [4.69, 9.17) is 17.3 Å². The van der Waals surface area contributed by atoms with E-state index in [0.717, 1.165) is 5.56 Å². The summed E-state index contributed by atoms with van der Waals surface area (Å²) < 4.78 is 0. The molecule has 2 N–H and O–H groups in total. The Morgan fingerprint density at radius 1 is 1.31 bits per heavy atom. The number of halogens is 1. The topological polar surface area (TPSA) is 26.0 Å². The molecule has 0 saturated carbocycles. The van der Waals surface area contributed by atoms with Crippen LogP contribution >= 0.6 is 11.6 Å². The molecule has 1 aromatic carbocycles. The molecule has 0 fully saturated rings. The van der Waals surface area contributed by atoms with Crippen molar-refractivity contribution < 1.29 is 0 Å². The van der Waals surface area contributed by atoms with E-state index in [2.05, 4.69) is 6.58 Å². The maximum absolute atomic E-state index is 5.36. The van der Waals surface area contributed by atoms with Crippen molar-refractivity contribution in [1.82, 2.24) is 0 Å². The fourth-order valence-corrected chi connectivity index (χ4v) is 0.782. The fourth-order valence-electron chi connectivity index (χ4n) is 0.637. The van der Waals surface area contributed by atoms with Gasteiger partial charge in [0.15, 0.2) is 0 Å². The van der Waals surface area contributed by atoms with Crippen LogP contribution in [0.2, 0.25) is 0 Å².